The monoisotopic (exact) mass is 404 g/mol. The highest BCUT2D eigenvalue weighted by Gasteiger charge is 2.21. The van der Waals surface area contributed by atoms with Crippen LogP contribution >= 0.6 is 34.5 Å². The molecule has 2 aromatic carbocycles. The molecule has 1 aromatic heterocycles. The van der Waals surface area contributed by atoms with Crippen molar-refractivity contribution in [2.75, 3.05) is 11.9 Å². The summed E-state index contributed by atoms with van der Waals surface area (Å²) in [6.07, 6.45) is 1.94. The molecule has 0 saturated carbocycles. The Balaban J connectivity index is 1.44. The molecule has 3 aromatic rings. The topological polar surface area (TPSA) is 51.2 Å². The van der Waals surface area contributed by atoms with Crippen LogP contribution in [-0.2, 0) is 17.6 Å². The number of carbonyl (C=O) groups excluding carboxylic acids is 1. The maximum Gasteiger partial charge on any atom is 0.264 e. The molecule has 0 atom stereocenters. The predicted octanol–water partition coefficient (Wildman–Crippen LogP) is 5.23. The number of thiazole rings is 1. The lowest BCUT2D eigenvalue weighted by atomic mass is 9.94. The van der Waals surface area contributed by atoms with Crippen molar-refractivity contribution in [3.63, 3.8) is 0 Å². The van der Waals surface area contributed by atoms with Crippen LogP contribution in [0.4, 0.5) is 5.13 Å². The molecular weight excluding hydrogens is 391 g/mol. The number of halogens is 2. The third-order valence-electron chi connectivity index (χ3n) is 4.09. The molecule has 0 aliphatic heterocycles. The van der Waals surface area contributed by atoms with E-state index in [4.69, 9.17) is 27.9 Å². The normalized spacial score (nSPS) is 12.2. The number of amides is 1. The number of rotatable bonds is 4. The Labute approximate surface area is 164 Å². The smallest absolute Gasteiger partial charge is 0.264 e. The molecule has 1 amide bonds. The van der Waals surface area contributed by atoms with E-state index in [1.165, 1.54) is 21.8 Å². The van der Waals surface area contributed by atoms with Gasteiger partial charge in [-0.25, -0.2) is 4.98 Å². The number of benzene rings is 2. The maximum atomic E-state index is 12.2. The molecule has 0 saturated heterocycles. The van der Waals surface area contributed by atoms with Crippen LogP contribution in [0, 0.1) is 0 Å². The van der Waals surface area contributed by atoms with Crippen LogP contribution in [0.1, 0.15) is 10.4 Å². The van der Waals surface area contributed by atoms with Gasteiger partial charge in [-0.15, -0.1) is 11.3 Å². The molecule has 0 bridgehead atoms. The summed E-state index contributed by atoms with van der Waals surface area (Å²) < 4.78 is 5.46. The van der Waals surface area contributed by atoms with Gasteiger partial charge in [-0.1, -0.05) is 47.5 Å². The van der Waals surface area contributed by atoms with Crippen LogP contribution in [-0.4, -0.2) is 17.5 Å². The van der Waals surface area contributed by atoms with Crippen molar-refractivity contribution in [3.05, 3.63) is 63.0 Å². The highest BCUT2D eigenvalue weighted by molar-refractivity contribution is 7.16. The maximum absolute atomic E-state index is 12.2. The van der Waals surface area contributed by atoms with Crippen molar-refractivity contribution in [3.8, 4) is 17.0 Å². The zero-order chi connectivity index (χ0) is 18.1. The fourth-order valence-electron chi connectivity index (χ4n) is 2.89. The third-order valence-corrected chi connectivity index (χ3v) is 5.65. The number of ether oxygens (including phenoxy) is 1. The van der Waals surface area contributed by atoms with E-state index < -0.39 is 0 Å². The fraction of sp³-hybridized carbons (Fsp3) is 0.158. The summed E-state index contributed by atoms with van der Waals surface area (Å²) in [5, 5.41) is 4.27. The summed E-state index contributed by atoms with van der Waals surface area (Å²) >= 11 is 13.4. The summed E-state index contributed by atoms with van der Waals surface area (Å²) in [5.41, 5.74) is 3.41. The van der Waals surface area contributed by atoms with Crippen molar-refractivity contribution in [2.24, 2.45) is 0 Å². The number of aryl methyl sites for hydroxylation is 2. The first-order valence-electron chi connectivity index (χ1n) is 8.06. The van der Waals surface area contributed by atoms with E-state index >= 15 is 0 Å². The zero-order valence-corrected chi connectivity index (χ0v) is 15.9. The Morgan fingerprint density at radius 2 is 2.04 bits per heavy atom. The number of nitrogens with one attached hydrogen (secondary N) is 1. The van der Waals surface area contributed by atoms with E-state index in [1.807, 2.05) is 12.1 Å². The lowest BCUT2D eigenvalue weighted by Gasteiger charge is -2.13. The molecule has 4 nitrogen and oxygen atoms in total. The van der Waals surface area contributed by atoms with Gasteiger partial charge in [-0.2, -0.15) is 0 Å². The Morgan fingerprint density at radius 3 is 2.88 bits per heavy atom. The molecule has 0 fully saturated rings. The average molecular weight is 405 g/mol. The zero-order valence-electron chi connectivity index (χ0n) is 13.6. The van der Waals surface area contributed by atoms with E-state index in [9.17, 15) is 4.79 Å². The number of anilines is 1. The molecule has 1 aliphatic carbocycles. The number of hydrogen-bond donors (Lipinski definition) is 1. The van der Waals surface area contributed by atoms with E-state index in [-0.39, 0.29) is 12.5 Å². The fourth-order valence-corrected chi connectivity index (χ4v) is 4.35. The van der Waals surface area contributed by atoms with Crippen molar-refractivity contribution >= 4 is 45.6 Å². The summed E-state index contributed by atoms with van der Waals surface area (Å²) in [5.74, 6) is 0.133. The number of aromatic nitrogens is 1. The average Bonchev–Trinajstić information content (AvgIpc) is 3.04. The van der Waals surface area contributed by atoms with Crippen LogP contribution < -0.4 is 10.1 Å². The molecule has 132 valence electrons. The number of carbonyl (C=O) groups is 1. The Hall–Kier alpha value is -2.08. The first kappa shape index (κ1) is 17.3. The molecule has 4 rings (SSSR count). The van der Waals surface area contributed by atoms with Crippen LogP contribution in [0.3, 0.4) is 0 Å². The predicted molar refractivity (Wildman–Crippen MR) is 106 cm³/mol. The SMILES string of the molecule is O=C(COc1ccc(Cl)cc1Cl)Nc1nc2c(s1)CCc1ccccc1-2. The summed E-state index contributed by atoms with van der Waals surface area (Å²) in [6, 6.07) is 13.1. The molecule has 7 heteroatoms. The lowest BCUT2D eigenvalue weighted by Crippen LogP contribution is -2.20. The summed E-state index contributed by atoms with van der Waals surface area (Å²) in [6.45, 7) is -0.151. The molecule has 1 heterocycles. The largest absolute Gasteiger partial charge is 0.482 e. The highest BCUT2D eigenvalue weighted by atomic mass is 35.5. The van der Waals surface area contributed by atoms with E-state index in [0.717, 1.165) is 24.1 Å². The van der Waals surface area contributed by atoms with Gasteiger partial charge in [0.05, 0.1) is 10.7 Å². The van der Waals surface area contributed by atoms with Gasteiger partial charge in [0.1, 0.15) is 5.75 Å². The van der Waals surface area contributed by atoms with Gasteiger partial charge in [-0.3, -0.25) is 10.1 Å². The first-order chi connectivity index (χ1) is 12.6. The van der Waals surface area contributed by atoms with Crippen molar-refractivity contribution in [2.45, 2.75) is 12.8 Å². The van der Waals surface area contributed by atoms with Gasteiger partial charge >= 0.3 is 0 Å². The number of nitrogens with zero attached hydrogens (tertiary/aromatic N) is 1. The Kier molecular flexibility index (Phi) is 4.85. The molecule has 26 heavy (non-hydrogen) atoms. The van der Waals surface area contributed by atoms with Gasteiger partial charge in [-0.05, 0) is 36.6 Å². The summed E-state index contributed by atoms with van der Waals surface area (Å²) in [4.78, 5) is 18.0. The van der Waals surface area contributed by atoms with Gasteiger partial charge in [0.2, 0.25) is 0 Å². The van der Waals surface area contributed by atoms with E-state index in [1.54, 1.807) is 18.2 Å². The molecular formula is C19H14Cl2N2O2S. The van der Waals surface area contributed by atoms with Crippen molar-refractivity contribution < 1.29 is 9.53 Å². The standard InChI is InChI=1S/C19H14Cl2N2O2S/c20-12-6-7-15(14(21)9-12)25-10-17(24)22-19-23-18-13-4-2-1-3-11(13)5-8-16(18)26-19/h1-4,6-7,9H,5,8,10H2,(H,22,23,24). The van der Waals surface area contributed by atoms with Crippen molar-refractivity contribution in [1.29, 1.82) is 0 Å². The molecule has 1 aliphatic rings. The lowest BCUT2D eigenvalue weighted by molar-refractivity contribution is -0.118. The highest BCUT2D eigenvalue weighted by Crippen LogP contribution is 2.38. The molecule has 0 radical (unpaired) electrons. The first-order valence-corrected chi connectivity index (χ1v) is 9.63. The minimum absolute atomic E-state index is 0.151. The van der Waals surface area contributed by atoms with Crippen LogP contribution in [0.2, 0.25) is 10.0 Å². The molecule has 1 N–H and O–H groups in total. The van der Waals surface area contributed by atoms with Gasteiger partial charge in [0.25, 0.3) is 5.91 Å². The minimum Gasteiger partial charge on any atom is -0.482 e. The third kappa shape index (κ3) is 3.56. The van der Waals surface area contributed by atoms with Crippen LogP contribution in [0.5, 0.6) is 5.75 Å². The number of hydrogen-bond acceptors (Lipinski definition) is 4. The second-order valence-electron chi connectivity index (χ2n) is 5.86. The Bertz CT molecular complexity index is 987. The van der Waals surface area contributed by atoms with Crippen molar-refractivity contribution in [1.82, 2.24) is 4.98 Å². The van der Waals surface area contributed by atoms with E-state index in [0.29, 0.717) is 20.9 Å². The number of fused-ring (bicyclic) bond motifs is 3. The second-order valence-corrected chi connectivity index (χ2v) is 7.79. The molecule has 0 spiro atoms. The summed E-state index contributed by atoms with van der Waals surface area (Å²) in [7, 11) is 0. The van der Waals surface area contributed by atoms with Gasteiger partial charge in [0.15, 0.2) is 11.7 Å². The Morgan fingerprint density at radius 1 is 1.19 bits per heavy atom. The van der Waals surface area contributed by atoms with Crippen LogP contribution in [0.25, 0.3) is 11.3 Å². The van der Waals surface area contributed by atoms with E-state index in [2.05, 4.69) is 22.4 Å². The van der Waals surface area contributed by atoms with Crippen LogP contribution in [0.15, 0.2) is 42.5 Å². The quantitative estimate of drug-likeness (QED) is 0.647. The van der Waals surface area contributed by atoms with Gasteiger partial charge in [0, 0.05) is 15.5 Å². The molecule has 0 unspecified atom stereocenters. The minimum atomic E-state index is -0.282. The van der Waals surface area contributed by atoms with Gasteiger partial charge < -0.3 is 4.74 Å². The second kappa shape index (κ2) is 7.27.